The van der Waals surface area contributed by atoms with Crippen LogP contribution in [0.3, 0.4) is 0 Å². The Kier molecular flexibility index (Phi) is 11.0. The lowest BCUT2D eigenvalue weighted by molar-refractivity contribution is 0.487. The highest BCUT2D eigenvalue weighted by Gasteiger charge is 2.13. The zero-order valence-electron chi connectivity index (χ0n) is 14.3. The van der Waals surface area contributed by atoms with Crippen LogP contribution in [0.15, 0.2) is 29.5 Å². The fourth-order valence-electron chi connectivity index (χ4n) is 3.08. The number of nitrogens with zero attached hydrogens (tertiary/aromatic N) is 2. The SMILES string of the molecule is CCNC(=NCCCC1CCCC1)NCCc1cccnc1.I. The van der Waals surface area contributed by atoms with E-state index >= 15 is 0 Å². The fraction of sp³-hybridized carbons (Fsp3) is 0.667. The first-order valence-electron chi connectivity index (χ1n) is 8.79. The van der Waals surface area contributed by atoms with Crippen molar-refractivity contribution in [2.45, 2.75) is 51.9 Å². The molecule has 1 fully saturated rings. The first-order chi connectivity index (χ1) is 10.9. The van der Waals surface area contributed by atoms with E-state index in [-0.39, 0.29) is 24.0 Å². The van der Waals surface area contributed by atoms with Crippen LogP contribution in [-0.4, -0.2) is 30.6 Å². The second-order valence-electron chi connectivity index (χ2n) is 6.09. The van der Waals surface area contributed by atoms with Crippen molar-refractivity contribution in [1.82, 2.24) is 15.6 Å². The average Bonchev–Trinajstić information content (AvgIpc) is 3.06. The highest BCUT2D eigenvalue weighted by Crippen LogP contribution is 2.28. The minimum absolute atomic E-state index is 0. The molecule has 1 aromatic heterocycles. The lowest BCUT2D eigenvalue weighted by atomic mass is 10.0. The number of nitrogens with one attached hydrogen (secondary N) is 2. The average molecular weight is 430 g/mol. The van der Waals surface area contributed by atoms with E-state index in [0.717, 1.165) is 37.9 Å². The second-order valence-corrected chi connectivity index (χ2v) is 6.09. The maximum atomic E-state index is 4.68. The number of pyridine rings is 1. The Morgan fingerprint density at radius 2 is 2.13 bits per heavy atom. The zero-order valence-corrected chi connectivity index (χ0v) is 16.6. The quantitative estimate of drug-likeness (QED) is 0.286. The van der Waals surface area contributed by atoms with Gasteiger partial charge in [0.1, 0.15) is 0 Å². The summed E-state index contributed by atoms with van der Waals surface area (Å²) in [5.41, 5.74) is 1.26. The van der Waals surface area contributed by atoms with Crippen molar-refractivity contribution < 1.29 is 0 Å². The highest BCUT2D eigenvalue weighted by molar-refractivity contribution is 14.0. The molecule has 130 valence electrons. The van der Waals surface area contributed by atoms with Crippen LogP contribution in [0.5, 0.6) is 0 Å². The van der Waals surface area contributed by atoms with Gasteiger partial charge >= 0.3 is 0 Å². The maximum Gasteiger partial charge on any atom is 0.191 e. The van der Waals surface area contributed by atoms with Crippen LogP contribution in [0.2, 0.25) is 0 Å². The molecule has 0 radical (unpaired) electrons. The van der Waals surface area contributed by atoms with Crippen LogP contribution in [0, 0.1) is 5.92 Å². The number of aliphatic imine (C=N–C) groups is 1. The molecule has 0 unspecified atom stereocenters. The molecule has 0 spiro atoms. The fourth-order valence-corrected chi connectivity index (χ4v) is 3.08. The van der Waals surface area contributed by atoms with Crippen molar-refractivity contribution in [3.63, 3.8) is 0 Å². The molecular formula is C18H31IN4. The monoisotopic (exact) mass is 430 g/mol. The third kappa shape index (κ3) is 8.53. The predicted octanol–water partition coefficient (Wildman–Crippen LogP) is 3.77. The Balaban J connectivity index is 0.00000264. The molecular weight excluding hydrogens is 399 g/mol. The number of hydrogen-bond acceptors (Lipinski definition) is 2. The van der Waals surface area contributed by atoms with Crippen molar-refractivity contribution >= 4 is 29.9 Å². The standard InChI is InChI=1S/C18H30N4.HI/c1-2-20-18(21-13-6-9-16-7-3-4-8-16)22-14-11-17-10-5-12-19-15-17;/h5,10,12,15-16H,2-4,6-9,11,13-14H2,1H3,(H2,20,21,22);1H. The topological polar surface area (TPSA) is 49.3 Å². The molecule has 4 nitrogen and oxygen atoms in total. The molecule has 5 heteroatoms. The summed E-state index contributed by atoms with van der Waals surface area (Å²) in [6, 6.07) is 4.10. The van der Waals surface area contributed by atoms with Crippen LogP contribution in [-0.2, 0) is 6.42 Å². The molecule has 0 amide bonds. The van der Waals surface area contributed by atoms with Gasteiger partial charge in [-0.2, -0.15) is 0 Å². The summed E-state index contributed by atoms with van der Waals surface area (Å²) in [6.07, 6.45) is 13.0. The Morgan fingerprint density at radius 3 is 2.83 bits per heavy atom. The normalized spacial score (nSPS) is 15.3. The second kappa shape index (κ2) is 12.6. The summed E-state index contributed by atoms with van der Waals surface area (Å²) in [5.74, 6) is 1.91. The van der Waals surface area contributed by atoms with Crippen LogP contribution < -0.4 is 10.6 Å². The molecule has 1 aliphatic rings. The zero-order chi connectivity index (χ0) is 15.5. The lowest BCUT2D eigenvalue weighted by Crippen LogP contribution is -2.38. The number of aromatic nitrogens is 1. The van der Waals surface area contributed by atoms with Crippen molar-refractivity contribution in [2.24, 2.45) is 10.9 Å². The first-order valence-corrected chi connectivity index (χ1v) is 8.79. The van der Waals surface area contributed by atoms with Crippen LogP contribution in [0.25, 0.3) is 0 Å². The van der Waals surface area contributed by atoms with E-state index in [9.17, 15) is 0 Å². The van der Waals surface area contributed by atoms with Gasteiger partial charge in [0.15, 0.2) is 5.96 Å². The Hall–Kier alpha value is -0.850. The molecule has 0 atom stereocenters. The molecule has 1 aromatic rings. The van der Waals surface area contributed by atoms with Gasteiger partial charge in [0.2, 0.25) is 0 Å². The van der Waals surface area contributed by atoms with E-state index in [1.54, 1.807) is 0 Å². The molecule has 2 rings (SSSR count). The Bertz CT molecular complexity index is 430. The minimum Gasteiger partial charge on any atom is -0.357 e. The maximum absolute atomic E-state index is 4.68. The van der Waals surface area contributed by atoms with Crippen LogP contribution >= 0.6 is 24.0 Å². The lowest BCUT2D eigenvalue weighted by Gasteiger charge is -2.12. The summed E-state index contributed by atoms with van der Waals surface area (Å²) < 4.78 is 0. The van der Waals surface area contributed by atoms with Gasteiger partial charge in [-0.1, -0.05) is 31.7 Å². The highest BCUT2D eigenvalue weighted by atomic mass is 127. The summed E-state index contributed by atoms with van der Waals surface area (Å²) in [6.45, 7) is 4.83. The molecule has 23 heavy (non-hydrogen) atoms. The molecule has 1 heterocycles. The summed E-state index contributed by atoms with van der Waals surface area (Å²) in [5, 5.41) is 6.73. The van der Waals surface area contributed by atoms with Crippen molar-refractivity contribution in [2.75, 3.05) is 19.6 Å². The molecule has 0 aliphatic heterocycles. The van der Waals surface area contributed by atoms with Crippen molar-refractivity contribution in [3.05, 3.63) is 30.1 Å². The third-order valence-electron chi connectivity index (χ3n) is 4.29. The van der Waals surface area contributed by atoms with E-state index in [1.807, 2.05) is 18.5 Å². The number of halogens is 1. The van der Waals surface area contributed by atoms with Gasteiger partial charge in [-0.15, -0.1) is 24.0 Å². The molecule has 0 aromatic carbocycles. The Labute approximate surface area is 158 Å². The van der Waals surface area contributed by atoms with E-state index < -0.39 is 0 Å². The number of rotatable bonds is 8. The predicted molar refractivity (Wildman–Crippen MR) is 109 cm³/mol. The number of hydrogen-bond donors (Lipinski definition) is 2. The van der Waals surface area contributed by atoms with Crippen LogP contribution in [0.4, 0.5) is 0 Å². The largest absolute Gasteiger partial charge is 0.357 e. The summed E-state index contributed by atoms with van der Waals surface area (Å²) in [7, 11) is 0. The summed E-state index contributed by atoms with van der Waals surface area (Å²) >= 11 is 0. The van der Waals surface area contributed by atoms with E-state index in [2.05, 4.69) is 33.6 Å². The number of guanidine groups is 1. The van der Waals surface area contributed by atoms with Gasteiger partial charge in [-0.05, 0) is 43.7 Å². The molecule has 0 bridgehead atoms. The van der Waals surface area contributed by atoms with Crippen LogP contribution in [0.1, 0.15) is 51.0 Å². The van der Waals surface area contributed by atoms with Crippen molar-refractivity contribution in [1.29, 1.82) is 0 Å². The van der Waals surface area contributed by atoms with Gasteiger partial charge in [-0.25, -0.2) is 0 Å². The van der Waals surface area contributed by atoms with Gasteiger partial charge in [-0.3, -0.25) is 9.98 Å². The molecule has 1 saturated carbocycles. The van der Waals surface area contributed by atoms with E-state index in [0.29, 0.717) is 0 Å². The summed E-state index contributed by atoms with van der Waals surface area (Å²) in [4.78, 5) is 8.83. The smallest absolute Gasteiger partial charge is 0.191 e. The minimum atomic E-state index is 0. The van der Waals surface area contributed by atoms with E-state index in [4.69, 9.17) is 0 Å². The third-order valence-corrected chi connectivity index (χ3v) is 4.29. The van der Waals surface area contributed by atoms with Gasteiger partial charge in [0, 0.05) is 32.0 Å². The Morgan fingerprint density at radius 1 is 1.30 bits per heavy atom. The van der Waals surface area contributed by atoms with E-state index in [1.165, 1.54) is 44.1 Å². The van der Waals surface area contributed by atoms with Gasteiger partial charge in [0.05, 0.1) is 0 Å². The molecule has 1 aliphatic carbocycles. The van der Waals surface area contributed by atoms with Crippen molar-refractivity contribution in [3.8, 4) is 0 Å². The van der Waals surface area contributed by atoms with Gasteiger partial charge < -0.3 is 10.6 Å². The molecule has 2 N–H and O–H groups in total. The molecule has 0 saturated heterocycles. The van der Waals surface area contributed by atoms with Gasteiger partial charge in [0.25, 0.3) is 0 Å². The first kappa shape index (κ1) is 20.2.